The lowest BCUT2D eigenvalue weighted by Gasteiger charge is -2.09. The molecular formula is C16H22N4O5S2. The molecule has 0 saturated heterocycles. The Morgan fingerprint density at radius 3 is 2.74 bits per heavy atom. The molecule has 0 fully saturated rings. The van der Waals surface area contributed by atoms with E-state index in [4.69, 9.17) is 15.2 Å². The average molecular weight is 415 g/mol. The molecule has 9 nitrogen and oxygen atoms in total. The van der Waals surface area contributed by atoms with Gasteiger partial charge in [-0.2, -0.15) is 0 Å². The van der Waals surface area contributed by atoms with E-state index in [9.17, 15) is 13.2 Å². The highest BCUT2D eigenvalue weighted by molar-refractivity contribution is 7.92. The lowest BCUT2D eigenvalue weighted by Crippen LogP contribution is -2.34. The number of aryl methyl sites for hydroxylation is 1. The molecular weight excluding hydrogens is 392 g/mol. The van der Waals surface area contributed by atoms with Crippen molar-refractivity contribution in [1.29, 1.82) is 0 Å². The third-order valence-corrected chi connectivity index (χ3v) is 6.50. The summed E-state index contributed by atoms with van der Waals surface area (Å²) in [5, 5.41) is 2.35. The van der Waals surface area contributed by atoms with Gasteiger partial charge >= 0.3 is 6.03 Å². The normalized spacial score (nSPS) is 11.2. The number of sulfonamides is 1. The quantitative estimate of drug-likeness (QED) is 0.602. The van der Waals surface area contributed by atoms with Crippen molar-refractivity contribution in [1.82, 2.24) is 9.71 Å². The fraction of sp³-hybridized carbons (Fsp3) is 0.375. The van der Waals surface area contributed by atoms with Crippen LogP contribution in [0, 0.1) is 6.92 Å². The van der Waals surface area contributed by atoms with E-state index in [2.05, 4.69) is 10.3 Å². The Bertz CT molecular complexity index is 912. The van der Waals surface area contributed by atoms with Crippen molar-refractivity contribution in [3.8, 4) is 5.75 Å². The molecule has 0 unspecified atom stereocenters. The number of urea groups is 1. The molecule has 148 valence electrons. The lowest BCUT2D eigenvalue weighted by atomic mass is 10.2. The number of thiophene rings is 1. The lowest BCUT2D eigenvalue weighted by molar-refractivity contribution is 0.203. The first-order valence-electron chi connectivity index (χ1n) is 8.07. The largest absolute Gasteiger partial charge is 0.494 e. The zero-order valence-electron chi connectivity index (χ0n) is 15.2. The van der Waals surface area contributed by atoms with Gasteiger partial charge in [0, 0.05) is 30.5 Å². The van der Waals surface area contributed by atoms with E-state index in [1.165, 1.54) is 18.2 Å². The summed E-state index contributed by atoms with van der Waals surface area (Å²) in [7, 11) is -2.43. The Morgan fingerprint density at radius 1 is 1.33 bits per heavy atom. The molecule has 2 rings (SSSR count). The number of anilines is 2. The molecule has 0 saturated carbocycles. The molecule has 4 N–H and O–H groups in total. The molecule has 0 aliphatic heterocycles. The fourth-order valence-electron chi connectivity index (χ4n) is 2.22. The van der Waals surface area contributed by atoms with Crippen molar-refractivity contribution in [3.05, 3.63) is 28.6 Å². The summed E-state index contributed by atoms with van der Waals surface area (Å²) < 4.78 is 37.2. The van der Waals surface area contributed by atoms with Crippen LogP contribution in [0.3, 0.4) is 0 Å². The van der Waals surface area contributed by atoms with Gasteiger partial charge in [0.1, 0.15) is 21.6 Å². The summed E-state index contributed by atoms with van der Waals surface area (Å²) in [6.45, 7) is 4.50. The smallest absolute Gasteiger partial charge is 0.334 e. The Kier molecular flexibility index (Phi) is 6.99. The third kappa shape index (κ3) is 5.81. The standard InChI is InChI=1S/C16H22N4O5S2/c1-4-25-11-8-13(17)18-14(9-11)19-16(21)20-27(22,23)15-7-10(2)12(26-15)5-6-24-3/h7-9H,4-6H2,1-3H3,(H4,17,18,19,20,21). The zero-order valence-corrected chi connectivity index (χ0v) is 16.9. The summed E-state index contributed by atoms with van der Waals surface area (Å²) >= 11 is 1.10. The summed E-state index contributed by atoms with van der Waals surface area (Å²) in [4.78, 5) is 16.9. The van der Waals surface area contributed by atoms with E-state index in [0.717, 1.165) is 21.8 Å². The van der Waals surface area contributed by atoms with Crippen molar-refractivity contribution >= 4 is 39.0 Å². The van der Waals surface area contributed by atoms with Gasteiger partial charge in [0.25, 0.3) is 10.0 Å². The van der Waals surface area contributed by atoms with Gasteiger partial charge in [-0.25, -0.2) is 22.9 Å². The van der Waals surface area contributed by atoms with Gasteiger partial charge < -0.3 is 15.2 Å². The van der Waals surface area contributed by atoms with E-state index >= 15 is 0 Å². The Balaban J connectivity index is 2.10. The number of nitrogens with two attached hydrogens (primary N) is 1. The van der Waals surface area contributed by atoms with Gasteiger partial charge in [-0.05, 0) is 25.5 Å². The summed E-state index contributed by atoms with van der Waals surface area (Å²) in [5.41, 5.74) is 6.48. The second-order valence-electron chi connectivity index (χ2n) is 5.52. The number of nitrogens with zero attached hydrogens (tertiary/aromatic N) is 1. The number of nitrogens with one attached hydrogen (secondary N) is 2. The van der Waals surface area contributed by atoms with Gasteiger partial charge in [0.15, 0.2) is 0 Å². The van der Waals surface area contributed by atoms with E-state index in [0.29, 0.717) is 25.4 Å². The minimum Gasteiger partial charge on any atom is -0.494 e. The highest BCUT2D eigenvalue weighted by Crippen LogP contribution is 2.26. The topological polar surface area (TPSA) is 133 Å². The molecule has 0 atom stereocenters. The first-order chi connectivity index (χ1) is 12.7. The van der Waals surface area contributed by atoms with Crippen molar-refractivity contribution in [3.63, 3.8) is 0 Å². The molecule has 11 heteroatoms. The first-order valence-corrected chi connectivity index (χ1v) is 10.4. The molecule has 2 heterocycles. The van der Waals surface area contributed by atoms with Crippen LogP contribution in [0.5, 0.6) is 5.75 Å². The van der Waals surface area contributed by atoms with Gasteiger partial charge in [-0.1, -0.05) is 0 Å². The first kappa shape index (κ1) is 20.9. The molecule has 0 aliphatic rings. The zero-order chi connectivity index (χ0) is 20.0. The molecule has 0 radical (unpaired) electrons. The number of methoxy groups -OCH3 is 1. The average Bonchev–Trinajstić information content (AvgIpc) is 2.94. The minimum absolute atomic E-state index is 0.0526. The minimum atomic E-state index is -4.01. The maximum absolute atomic E-state index is 12.4. The van der Waals surface area contributed by atoms with Crippen LogP contribution in [0.25, 0.3) is 0 Å². The molecule has 2 amide bonds. The van der Waals surface area contributed by atoms with Crippen LogP contribution in [0.1, 0.15) is 17.4 Å². The van der Waals surface area contributed by atoms with Crippen LogP contribution in [-0.2, 0) is 21.2 Å². The molecule has 2 aromatic heterocycles. The van der Waals surface area contributed by atoms with Gasteiger partial charge in [0.05, 0.1) is 13.2 Å². The monoisotopic (exact) mass is 414 g/mol. The molecule has 27 heavy (non-hydrogen) atoms. The van der Waals surface area contributed by atoms with E-state index < -0.39 is 16.1 Å². The second kappa shape index (κ2) is 9.02. The van der Waals surface area contributed by atoms with Crippen LogP contribution in [0.15, 0.2) is 22.4 Å². The number of aromatic nitrogens is 1. The highest BCUT2D eigenvalue weighted by Gasteiger charge is 2.22. The number of pyridine rings is 1. The Labute approximate surface area is 161 Å². The maximum Gasteiger partial charge on any atom is 0.334 e. The number of nitrogen functional groups attached to an aromatic ring is 1. The number of hydrogen-bond acceptors (Lipinski definition) is 8. The predicted octanol–water partition coefficient (Wildman–Crippen LogP) is 2.13. The predicted molar refractivity (Wildman–Crippen MR) is 104 cm³/mol. The maximum atomic E-state index is 12.4. The molecule has 2 aromatic rings. The van der Waals surface area contributed by atoms with Gasteiger partial charge in [0.2, 0.25) is 0 Å². The van der Waals surface area contributed by atoms with Gasteiger partial charge in [-0.15, -0.1) is 11.3 Å². The van der Waals surface area contributed by atoms with Crippen molar-refractivity contribution in [2.45, 2.75) is 24.5 Å². The Hall–Kier alpha value is -2.37. The van der Waals surface area contributed by atoms with Crippen LogP contribution in [0.2, 0.25) is 0 Å². The number of carbonyl (C=O) groups is 1. The SMILES string of the molecule is CCOc1cc(N)nc(NC(=O)NS(=O)(=O)c2cc(C)c(CCOC)s2)c1. The summed E-state index contributed by atoms with van der Waals surface area (Å²) in [5.74, 6) is 0.630. The van der Waals surface area contributed by atoms with Crippen LogP contribution < -0.4 is 20.5 Å². The Morgan fingerprint density at radius 2 is 2.07 bits per heavy atom. The van der Waals surface area contributed by atoms with Crippen LogP contribution in [0.4, 0.5) is 16.4 Å². The molecule has 0 aromatic carbocycles. The van der Waals surface area contributed by atoms with Crippen molar-refractivity contribution < 1.29 is 22.7 Å². The molecule has 0 bridgehead atoms. The van der Waals surface area contributed by atoms with Crippen molar-refractivity contribution in [2.24, 2.45) is 0 Å². The number of rotatable bonds is 8. The second-order valence-corrected chi connectivity index (χ2v) is 8.57. The third-order valence-electron chi connectivity index (χ3n) is 3.39. The van der Waals surface area contributed by atoms with Gasteiger partial charge in [-0.3, -0.25) is 5.32 Å². The van der Waals surface area contributed by atoms with E-state index in [1.807, 2.05) is 11.6 Å². The van der Waals surface area contributed by atoms with E-state index in [-0.39, 0.29) is 15.8 Å². The van der Waals surface area contributed by atoms with Crippen LogP contribution >= 0.6 is 11.3 Å². The molecule has 0 aliphatic carbocycles. The summed E-state index contributed by atoms with van der Waals surface area (Å²) in [6.07, 6.45) is 0.599. The number of amides is 2. The molecule has 0 spiro atoms. The van der Waals surface area contributed by atoms with E-state index in [1.54, 1.807) is 14.0 Å². The van der Waals surface area contributed by atoms with Crippen LogP contribution in [-0.4, -0.2) is 39.8 Å². The number of hydrogen-bond donors (Lipinski definition) is 3. The summed E-state index contributed by atoms with van der Waals surface area (Å²) in [6, 6.07) is 3.53. The highest BCUT2D eigenvalue weighted by atomic mass is 32.2. The number of carbonyl (C=O) groups excluding carboxylic acids is 1. The fourth-order valence-corrected chi connectivity index (χ4v) is 4.70. The van der Waals surface area contributed by atoms with Crippen molar-refractivity contribution in [2.75, 3.05) is 31.4 Å². The number of ether oxygens (including phenoxy) is 2.